The van der Waals surface area contributed by atoms with E-state index in [1.807, 2.05) is 50.7 Å². The molecular weight excluding hydrogens is 246 g/mol. The summed E-state index contributed by atoms with van der Waals surface area (Å²) >= 11 is -1.23. The molecule has 96 valence electrons. The lowest BCUT2D eigenvalue weighted by Crippen LogP contribution is -2.25. The van der Waals surface area contributed by atoms with Gasteiger partial charge in [0.25, 0.3) is 0 Å². The van der Waals surface area contributed by atoms with Crippen molar-refractivity contribution in [2.75, 3.05) is 0 Å². The summed E-state index contributed by atoms with van der Waals surface area (Å²) in [4.78, 5) is 0. The monoisotopic (exact) mass is 263 g/mol. The van der Waals surface area contributed by atoms with E-state index in [0.717, 1.165) is 16.5 Å². The largest absolute Gasteiger partial charge is 0.591 e. The molecule has 0 aliphatic carbocycles. The van der Waals surface area contributed by atoms with Gasteiger partial charge in [0.05, 0.1) is 17.9 Å². The van der Waals surface area contributed by atoms with Crippen LogP contribution in [-0.4, -0.2) is 25.3 Å². The van der Waals surface area contributed by atoms with Gasteiger partial charge in [-0.1, -0.05) is 16.5 Å². The van der Waals surface area contributed by atoms with Gasteiger partial charge >= 0.3 is 0 Å². The molecule has 0 saturated carbocycles. The highest BCUT2D eigenvalue weighted by atomic mass is 32.2. The van der Waals surface area contributed by atoms with Gasteiger partial charge in [0.1, 0.15) is 16.1 Å². The Labute approximate surface area is 110 Å². The van der Waals surface area contributed by atoms with Crippen LogP contribution in [0, 0.1) is 0 Å². The number of aromatic nitrogens is 2. The number of hydrogen-bond donors (Lipinski definition) is 0. The van der Waals surface area contributed by atoms with Crippen molar-refractivity contribution in [1.29, 1.82) is 0 Å². The van der Waals surface area contributed by atoms with Crippen LogP contribution in [0.2, 0.25) is 0 Å². The van der Waals surface area contributed by atoms with Crippen LogP contribution in [0.3, 0.4) is 0 Å². The van der Waals surface area contributed by atoms with E-state index in [9.17, 15) is 4.55 Å². The lowest BCUT2D eigenvalue weighted by atomic mass is 10.1. The Morgan fingerprint density at radius 1 is 1.39 bits per heavy atom. The molecule has 1 heterocycles. The normalized spacial score (nSPS) is 14.5. The molecule has 0 N–H and O–H groups in total. The summed E-state index contributed by atoms with van der Waals surface area (Å²) in [6.45, 7) is 5.72. The minimum atomic E-state index is -1.23. The number of aryl methyl sites for hydroxylation is 1. The van der Waals surface area contributed by atoms with Crippen molar-refractivity contribution < 1.29 is 4.55 Å². The molecule has 0 unspecified atom stereocenters. The third-order valence-corrected chi connectivity index (χ3v) is 3.98. The lowest BCUT2D eigenvalue weighted by molar-refractivity contribution is 0.562. The third kappa shape index (κ3) is 2.57. The second kappa shape index (κ2) is 4.74. The average Bonchev–Trinajstić information content (AvgIpc) is 2.67. The first-order valence-electron chi connectivity index (χ1n) is 5.76. The number of fused-ring (bicyclic) bond motifs is 1. The van der Waals surface area contributed by atoms with E-state index in [2.05, 4.69) is 9.50 Å². The van der Waals surface area contributed by atoms with Gasteiger partial charge < -0.3 is 4.55 Å². The maximum absolute atomic E-state index is 11.9. The first-order chi connectivity index (χ1) is 8.39. The van der Waals surface area contributed by atoms with E-state index in [-0.39, 0.29) is 4.75 Å². The van der Waals surface area contributed by atoms with Gasteiger partial charge in [-0.3, -0.25) is 4.68 Å². The minimum Gasteiger partial charge on any atom is -0.591 e. The average molecular weight is 263 g/mol. The van der Waals surface area contributed by atoms with Crippen LogP contribution in [0.25, 0.3) is 10.9 Å². The predicted molar refractivity (Wildman–Crippen MR) is 76.2 cm³/mol. The van der Waals surface area contributed by atoms with Crippen LogP contribution in [0.5, 0.6) is 0 Å². The van der Waals surface area contributed by atoms with E-state index in [1.54, 1.807) is 12.4 Å². The van der Waals surface area contributed by atoms with Gasteiger partial charge in [-0.2, -0.15) is 5.10 Å². The SMILES string of the molecule is Cn1ncc2c(/C=N\[S@+]([O-])C(C)(C)C)cccc21. The minimum absolute atomic E-state index is 0.334. The summed E-state index contributed by atoms with van der Waals surface area (Å²) in [5.74, 6) is 0. The van der Waals surface area contributed by atoms with Crippen molar-refractivity contribution in [3.05, 3.63) is 30.0 Å². The van der Waals surface area contributed by atoms with Gasteiger partial charge in [-0.05, 0) is 26.8 Å². The summed E-state index contributed by atoms with van der Waals surface area (Å²) in [5, 5.41) is 5.23. The highest BCUT2D eigenvalue weighted by Gasteiger charge is 2.25. The van der Waals surface area contributed by atoms with Crippen LogP contribution < -0.4 is 0 Å². The second-order valence-corrected chi connectivity index (χ2v) is 7.08. The molecule has 0 fully saturated rings. The molecule has 0 radical (unpaired) electrons. The zero-order valence-corrected chi connectivity index (χ0v) is 11.9. The highest BCUT2D eigenvalue weighted by molar-refractivity contribution is 7.91. The number of nitrogens with zero attached hydrogens (tertiary/aromatic N) is 3. The molecular formula is C13H17N3OS. The van der Waals surface area contributed by atoms with Gasteiger partial charge in [0, 0.05) is 18.0 Å². The highest BCUT2D eigenvalue weighted by Crippen LogP contribution is 2.19. The summed E-state index contributed by atoms with van der Waals surface area (Å²) in [5.41, 5.74) is 1.98. The Kier molecular flexibility index (Phi) is 3.45. The van der Waals surface area contributed by atoms with Crippen LogP contribution >= 0.6 is 0 Å². The second-order valence-electron chi connectivity index (χ2n) is 5.14. The summed E-state index contributed by atoms with van der Waals surface area (Å²) < 4.78 is 17.5. The zero-order valence-electron chi connectivity index (χ0n) is 11.0. The first-order valence-corrected chi connectivity index (χ1v) is 6.87. The molecule has 1 aromatic carbocycles. The van der Waals surface area contributed by atoms with Gasteiger partial charge in [0.2, 0.25) is 0 Å². The molecule has 0 aliphatic heterocycles. The Bertz CT molecular complexity index is 583. The summed E-state index contributed by atoms with van der Waals surface area (Å²) in [7, 11) is 1.90. The van der Waals surface area contributed by atoms with Crippen LogP contribution in [0.15, 0.2) is 28.8 Å². The molecule has 4 nitrogen and oxygen atoms in total. The molecule has 0 amide bonds. The van der Waals surface area contributed by atoms with Crippen molar-refractivity contribution in [2.45, 2.75) is 25.5 Å². The van der Waals surface area contributed by atoms with E-state index in [0.29, 0.717) is 0 Å². The smallest absolute Gasteiger partial charge is 0.144 e. The Balaban J connectivity index is 2.35. The maximum Gasteiger partial charge on any atom is 0.144 e. The molecule has 1 atom stereocenters. The first kappa shape index (κ1) is 13.1. The van der Waals surface area contributed by atoms with Gasteiger partial charge in [0.15, 0.2) is 0 Å². The van der Waals surface area contributed by atoms with Gasteiger partial charge in [-0.25, -0.2) is 0 Å². The fourth-order valence-electron chi connectivity index (χ4n) is 1.58. The van der Waals surface area contributed by atoms with Crippen molar-refractivity contribution in [2.24, 2.45) is 11.4 Å². The van der Waals surface area contributed by atoms with Crippen molar-refractivity contribution in [3.8, 4) is 0 Å². The van der Waals surface area contributed by atoms with Crippen molar-refractivity contribution >= 4 is 28.5 Å². The number of hydrogen-bond acceptors (Lipinski definition) is 3. The summed E-state index contributed by atoms with van der Waals surface area (Å²) in [6.07, 6.45) is 3.47. The lowest BCUT2D eigenvalue weighted by Gasteiger charge is -2.17. The van der Waals surface area contributed by atoms with Crippen molar-refractivity contribution in [3.63, 3.8) is 0 Å². The molecule has 2 rings (SSSR count). The van der Waals surface area contributed by atoms with E-state index in [4.69, 9.17) is 0 Å². The molecule has 5 heteroatoms. The van der Waals surface area contributed by atoms with Gasteiger partial charge in [-0.15, -0.1) is 0 Å². The fraction of sp³-hybridized carbons (Fsp3) is 0.385. The molecule has 1 aromatic heterocycles. The zero-order chi connectivity index (χ0) is 13.3. The summed E-state index contributed by atoms with van der Waals surface area (Å²) in [6, 6.07) is 5.90. The van der Waals surface area contributed by atoms with Crippen LogP contribution in [0.1, 0.15) is 26.3 Å². The maximum atomic E-state index is 11.9. The number of rotatable bonds is 2. The molecule has 0 spiro atoms. The quantitative estimate of drug-likeness (QED) is 0.617. The fourth-order valence-corrected chi connectivity index (χ4v) is 2.10. The topological polar surface area (TPSA) is 53.2 Å². The van der Waals surface area contributed by atoms with E-state index < -0.39 is 11.4 Å². The molecule has 0 aliphatic rings. The Morgan fingerprint density at radius 2 is 2.11 bits per heavy atom. The molecule has 18 heavy (non-hydrogen) atoms. The molecule has 2 aromatic rings. The Morgan fingerprint density at radius 3 is 2.78 bits per heavy atom. The van der Waals surface area contributed by atoms with Crippen molar-refractivity contribution in [1.82, 2.24) is 9.78 Å². The number of benzene rings is 1. The predicted octanol–water partition coefficient (Wildman–Crippen LogP) is 2.45. The third-order valence-electron chi connectivity index (χ3n) is 2.64. The molecule has 0 saturated heterocycles. The van der Waals surface area contributed by atoms with E-state index in [1.165, 1.54) is 0 Å². The Hall–Kier alpha value is -1.33. The molecule has 0 bridgehead atoms. The van der Waals surface area contributed by atoms with Crippen LogP contribution in [0.4, 0.5) is 0 Å². The van der Waals surface area contributed by atoms with E-state index >= 15 is 0 Å². The van der Waals surface area contributed by atoms with Crippen LogP contribution in [-0.2, 0) is 18.4 Å². The standard InChI is InChI=1S/C13H17N3OS/c1-13(2,3)18(17)15-8-10-6-5-7-12-11(10)9-14-16(12)4/h5-9H,1-4H3/b15-8-/t18-/m1/s1.